The van der Waals surface area contributed by atoms with E-state index in [0.29, 0.717) is 5.75 Å². The van der Waals surface area contributed by atoms with E-state index in [1.165, 1.54) is 12.3 Å². The SMILES string of the molecule is Cc1ccc(Oc2ccc(F)c([C@H](N[S+]([O-])C(C)(C)C)[C@@H](F)C(=O)[C@@H]3C(=O)NC(=O)N(C4CCOCC4)C3=O)c2)cn1. The zero-order valence-corrected chi connectivity index (χ0v) is 24.3. The summed E-state index contributed by atoms with van der Waals surface area (Å²) < 4.78 is 57.0. The number of nitrogens with zero attached hydrogens (tertiary/aromatic N) is 2. The molecule has 4 rings (SSSR count). The van der Waals surface area contributed by atoms with Crippen LogP contribution in [0.2, 0.25) is 0 Å². The van der Waals surface area contributed by atoms with Crippen molar-refractivity contribution in [3.8, 4) is 11.5 Å². The number of urea groups is 1. The number of barbiturate groups is 1. The summed E-state index contributed by atoms with van der Waals surface area (Å²) >= 11 is -2.02. The second kappa shape index (κ2) is 12.8. The highest BCUT2D eigenvalue weighted by atomic mass is 32.2. The number of imide groups is 2. The van der Waals surface area contributed by atoms with Crippen molar-refractivity contribution >= 4 is 35.0 Å². The van der Waals surface area contributed by atoms with Crippen LogP contribution in [0, 0.1) is 18.7 Å². The maximum absolute atomic E-state index is 16.3. The van der Waals surface area contributed by atoms with Crippen LogP contribution in [-0.4, -0.2) is 68.2 Å². The van der Waals surface area contributed by atoms with Gasteiger partial charge in [-0.05, 0) is 70.9 Å². The van der Waals surface area contributed by atoms with Crippen LogP contribution >= 0.6 is 0 Å². The van der Waals surface area contributed by atoms with Crippen molar-refractivity contribution < 1.29 is 42.0 Å². The van der Waals surface area contributed by atoms with Crippen LogP contribution in [0.15, 0.2) is 36.5 Å². The fraction of sp³-hybridized carbons (Fsp3) is 0.464. The van der Waals surface area contributed by atoms with Gasteiger partial charge >= 0.3 is 6.03 Å². The molecule has 11 nitrogen and oxygen atoms in total. The summed E-state index contributed by atoms with van der Waals surface area (Å²) in [6.07, 6.45) is -0.748. The molecule has 0 bridgehead atoms. The molecular formula is C28H32F2N4O7S. The van der Waals surface area contributed by atoms with Gasteiger partial charge in [-0.3, -0.25) is 29.6 Å². The van der Waals surface area contributed by atoms with Crippen LogP contribution in [0.3, 0.4) is 0 Å². The molecule has 2 aromatic rings. The molecular weight excluding hydrogens is 574 g/mol. The second-order valence-corrected chi connectivity index (χ2v) is 13.0. The molecule has 4 atom stereocenters. The van der Waals surface area contributed by atoms with Gasteiger partial charge in [0.2, 0.25) is 5.91 Å². The number of ether oxygens (including phenoxy) is 2. The zero-order valence-electron chi connectivity index (χ0n) is 23.5. The topological polar surface area (TPSA) is 150 Å². The van der Waals surface area contributed by atoms with Gasteiger partial charge in [-0.2, -0.15) is 0 Å². The Morgan fingerprint density at radius 3 is 2.48 bits per heavy atom. The van der Waals surface area contributed by atoms with Crippen LogP contribution < -0.4 is 14.8 Å². The van der Waals surface area contributed by atoms with Gasteiger partial charge in [0.1, 0.15) is 28.1 Å². The molecule has 42 heavy (non-hydrogen) atoms. The predicted octanol–water partition coefficient (Wildman–Crippen LogP) is 3.20. The summed E-state index contributed by atoms with van der Waals surface area (Å²) in [6.45, 7) is 7.02. The molecule has 14 heteroatoms. The first-order chi connectivity index (χ1) is 19.8. The second-order valence-electron chi connectivity index (χ2n) is 11.0. The number of ketones is 1. The Morgan fingerprint density at radius 2 is 1.86 bits per heavy atom. The van der Waals surface area contributed by atoms with Crippen molar-refractivity contribution in [1.29, 1.82) is 0 Å². The molecule has 0 radical (unpaired) electrons. The lowest BCUT2D eigenvalue weighted by Gasteiger charge is -2.37. The third kappa shape index (κ3) is 6.94. The highest BCUT2D eigenvalue weighted by Crippen LogP contribution is 2.33. The molecule has 0 aliphatic carbocycles. The Labute approximate surface area is 244 Å². The molecule has 2 aliphatic heterocycles. The van der Waals surface area contributed by atoms with E-state index in [4.69, 9.17) is 9.47 Å². The molecule has 4 amide bonds. The average Bonchev–Trinajstić information content (AvgIpc) is 2.93. The van der Waals surface area contributed by atoms with E-state index < -0.39 is 75.3 Å². The van der Waals surface area contributed by atoms with Crippen molar-refractivity contribution in [3.63, 3.8) is 0 Å². The number of carbonyl (C=O) groups excluding carboxylic acids is 4. The monoisotopic (exact) mass is 606 g/mol. The minimum atomic E-state index is -2.73. The third-order valence-corrected chi connectivity index (χ3v) is 8.39. The smallest absolute Gasteiger partial charge is 0.331 e. The minimum Gasteiger partial charge on any atom is -0.598 e. The first kappa shape index (κ1) is 31.5. The maximum atomic E-state index is 16.3. The standard InChI is InChI=1S/C28H32F2N4O7S/c1-15-5-6-18(14-31-15)41-17-7-8-20(29)19(13-17)23(33-42(39)28(2,3)4)22(30)24(35)21-25(36)32-27(38)34(26(21)37)16-9-11-40-12-10-16/h5-8,13-14,16,21-23,33H,9-12H2,1-4H3,(H,32,36,38)/t21-,22-,23+,42?/m1/s1. The molecule has 1 unspecified atom stereocenters. The number of amides is 4. The van der Waals surface area contributed by atoms with E-state index in [2.05, 4.69) is 9.71 Å². The Morgan fingerprint density at radius 1 is 1.19 bits per heavy atom. The van der Waals surface area contributed by atoms with Gasteiger partial charge in [0.15, 0.2) is 17.9 Å². The van der Waals surface area contributed by atoms with Crippen LogP contribution in [0.25, 0.3) is 0 Å². The molecule has 2 N–H and O–H groups in total. The van der Waals surface area contributed by atoms with Crippen molar-refractivity contribution in [2.75, 3.05) is 13.2 Å². The quantitative estimate of drug-likeness (QED) is 0.324. The molecule has 2 saturated heterocycles. The van der Waals surface area contributed by atoms with Crippen molar-refractivity contribution in [3.05, 3.63) is 53.6 Å². The number of hydrogen-bond donors (Lipinski definition) is 2. The average molecular weight is 607 g/mol. The summed E-state index contributed by atoms with van der Waals surface area (Å²) in [5.41, 5.74) is 0.306. The Hall–Kier alpha value is -3.46. The van der Waals surface area contributed by atoms with Gasteiger partial charge in [0.25, 0.3) is 5.91 Å². The molecule has 1 aromatic carbocycles. The van der Waals surface area contributed by atoms with Crippen molar-refractivity contribution in [2.24, 2.45) is 5.92 Å². The first-order valence-electron chi connectivity index (χ1n) is 13.3. The van der Waals surface area contributed by atoms with Gasteiger partial charge in [0.05, 0.1) is 6.20 Å². The van der Waals surface area contributed by atoms with E-state index in [1.807, 2.05) is 5.32 Å². The third-order valence-electron chi connectivity index (χ3n) is 6.81. The number of Topliss-reactive ketones (excluding diaryl/α,β-unsaturated/α-hetero) is 1. The number of carbonyl (C=O) groups is 4. The highest BCUT2D eigenvalue weighted by molar-refractivity contribution is 7.90. The fourth-order valence-corrected chi connectivity index (χ4v) is 5.33. The number of aryl methyl sites for hydroxylation is 1. The van der Waals surface area contributed by atoms with Crippen molar-refractivity contribution in [2.45, 2.75) is 63.5 Å². The first-order valence-corrected chi connectivity index (χ1v) is 14.4. The fourth-order valence-electron chi connectivity index (χ4n) is 4.50. The Balaban J connectivity index is 1.67. The summed E-state index contributed by atoms with van der Waals surface area (Å²) in [5, 5.41) is 1.96. The maximum Gasteiger partial charge on any atom is 0.331 e. The summed E-state index contributed by atoms with van der Waals surface area (Å²) in [5.74, 6) is -6.79. The number of pyridine rings is 1. The molecule has 0 saturated carbocycles. The van der Waals surface area contributed by atoms with Gasteiger partial charge in [-0.15, -0.1) is 4.72 Å². The van der Waals surface area contributed by atoms with Gasteiger partial charge < -0.3 is 14.0 Å². The highest BCUT2D eigenvalue weighted by Gasteiger charge is 2.51. The lowest BCUT2D eigenvalue weighted by molar-refractivity contribution is -0.151. The summed E-state index contributed by atoms with van der Waals surface area (Å²) in [7, 11) is 0. The lowest BCUT2D eigenvalue weighted by atomic mass is 9.89. The van der Waals surface area contributed by atoms with Crippen LogP contribution in [0.5, 0.6) is 11.5 Å². The number of hydrogen-bond acceptors (Lipinski definition) is 9. The van der Waals surface area contributed by atoms with E-state index in [9.17, 15) is 23.7 Å². The molecule has 3 heterocycles. The number of alkyl halides is 1. The van der Waals surface area contributed by atoms with E-state index >= 15 is 8.78 Å². The van der Waals surface area contributed by atoms with E-state index in [0.717, 1.165) is 22.7 Å². The number of rotatable bonds is 9. The molecule has 226 valence electrons. The molecule has 2 fully saturated rings. The number of aromatic nitrogens is 1. The Kier molecular flexibility index (Phi) is 9.60. The number of benzene rings is 1. The number of halogens is 2. The van der Waals surface area contributed by atoms with E-state index in [1.54, 1.807) is 39.8 Å². The normalized spacial score (nSPS) is 20.6. The minimum absolute atomic E-state index is 0.0628. The van der Waals surface area contributed by atoms with Gasteiger partial charge in [-0.25, -0.2) is 13.6 Å². The Bertz CT molecular complexity index is 1350. The molecule has 0 spiro atoms. The number of nitrogens with one attached hydrogen (secondary N) is 2. The zero-order chi connectivity index (χ0) is 30.8. The van der Waals surface area contributed by atoms with Crippen molar-refractivity contribution in [1.82, 2.24) is 19.9 Å². The summed E-state index contributed by atoms with van der Waals surface area (Å²) in [4.78, 5) is 56.9. The van der Waals surface area contributed by atoms with Gasteiger partial charge in [0, 0.05) is 41.9 Å². The van der Waals surface area contributed by atoms with Crippen LogP contribution in [0.1, 0.15) is 50.9 Å². The van der Waals surface area contributed by atoms with Gasteiger partial charge in [-0.1, -0.05) is 0 Å². The van der Waals surface area contributed by atoms with E-state index in [-0.39, 0.29) is 31.8 Å². The van der Waals surface area contributed by atoms with Crippen LogP contribution in [0.4, 0.5) is 13.6 Å². The largest absolute Gasteiger partial charge is 0.598 e. The molecule has 1 aromatic heterocycles. The lowest BCUT2D eigenvalue weighted by Crippen LogP contribution is -2.64. The summed E-state index contributed by atoms with van der Waals surface area (Å²) in [6, 6.07) is 3.14. The molecule has 2 aliphatic rings. The predicted molar refractivity (Wildman–Crippen MR) is 147 cm³/mol. The van der Waals surface area contributed by atoms with Crippen LogP contribution in [-0.2, 0) is 30.5 Å².